The van der Waals surface area contributed by atoms with Crippen LogP contribution in [0.1, 0.15) is 49.4 Å². The summed E-state index contributed by atoms with van der Waals surface area (Å²) in [6.07, 6.45) is 5.27. The summed E-state index contributed by atoms with van der Waals surface area (Å²) < 4.78 is 0. The molecule has 0 aromatic heterocycles. The SMILES string of the molecule is CC1CCN(C(=O)c2ccc(NC(=O)C3CCCCN3)cc2)CC1. The molecule has 5 nitrogen and oxygen atoms in total. The molecule has 0 bridgehead atoms. The summed E-state index contributed by atoms with van der Waals surface area (Å²) in [5.41, 5.74) is 1.44. The molecule has 0 saturated carbocycles. The molecule has 0 aliphatic carbocycles. The van der Waals surface area contributed by atoms with Crippen LogP contribution in [0.15, 0.2) is 24.3 Å². The third kappa shape index (κ3) is 4.15. The van der Waals surface area contributed by atoms with Crippen molar-refractivity contribution >= 4 is 17.5 Å². The van der Waals surface area contributed by atoms with Gasteiger partial charge in [-0.1, -0.05) is 13.3 Å². The average molecular weight is 329 g/mol. The highest BCUT2D eigenvalue weighted by Gasteiger charge is 2.22. The predicted octanol–water partition coefficient (Wildman–Crippen LogP) is 2.64. The largest absolute Gasteiger partial charge is 0.339 e. The summed E-state index contributed by atoms with van der Waals surface area (Å²) in [6, 6.07) is 7.16. The van der Waals surface area contributed by atoms with Gasteiger partial charge in [0.25, 0.3) is 5.91 Å². The number of amides is 2. The minimum atomic E-state index is -0.101. The number of nitrogens with one attached hydrogen (secondary N) is 2. The summed E-state index contributed by atoms with van der Waals surface area (Å²) in [5.74, 6) is 0.813. The molecule has 1 atom stereocenters. The highest BCUT2D eigenvalue weighted by atomic mass is 16.2. The van der Waals surface area contributed by atoms with Gasteiger partial charge in [0.15, 0.2) is 0 Å². The van der Waals surface area contributed by atoms with Crippen molar-refractivity contribution in [1.29, 1.82) is 0 Å². The first kappa shape index (κ1) is 17.0. The van der Waals surface area contributed by atoms with Crippen molar-refractivity contribution in [2.45, 2.75) is 45.1 Å². The molecular formula is C19H27N3O2. The zero-order valence-corrected chi connectivity index (χ0v) is 14.4. The van der Waals surface area contributed by atoms with Crippen LogP contribution < -0.4 is 10.6 Å². The Kier molecular flexibility index (Phi) is 5.51. The smallest absolute Gasteiger partial charge is 0.253 e. The van der Waals surface area contributed by atoms with Gasteiger partial charge in [-0.2, -0.15) is 0 Å². The van der Waals surface area contributed by atoms with Gasteiger partial charge in [0.1, 0.15) is 0 Å². The summed E-state index contributed by atoms with van der Waals surface area (Å²) in [4.78, 5) is 26.7. The Morgan fingerprint density at radius 1 is 1.08 bits per heavy atom. The van der Waals surface area contributed by atoms with Crippen LogP contribution in [-0.2, 0) is 4.79 Å². The van der Waals surface area contributed by atoms with Crippen molar-refractivity contribution < 1.29 is 9.59 Å². The Labute approximate surface area is 143 Å². The van der Waals surface area contributed by atoms with E-state index >= 15 is 0 Å². The van der Waals surface area contributed by atoms with E-state index in [9.17, 15) is 9.59 Å². The van der Waals surface area contributed by atoms with Gasteiger partial charge >= 0.3 is 0 Å². The van der Waals surface area contributed by atoms with Gasteiger partial charge in [-0.3, -0.25) is 9.59 Å². The molecule has 2 fully saturated rings. The van der Waals surface area contributed by atoms with Gasteiger partial charge < -0.3 is 15.5 Å². The van der Waals surface area contributed by atoms with E-state index < -0.39 is 0 Å². The lowest BCUT2D eigenvalue weighted by Crippen LogP contribution is -2.43. The Morgan fingerprint density at radius 2 is 1.79 bits per heavy atom. The summed E-state index contributed by atoms with van der Waals surface area (Å²) in [7, 11) is 0. The van der Waals surface area contributed by atoms with Gasteiger partial charge in [0.2, 0.25) is 5.91 Å². The number of hydrogen-bond acceptors (Lipinski definition) is 3. The first-order valence-electron chi connectivity index (χ1n) is 9.07. The lowest BCUT2D eigenvalue weighted by atomic mass is 9.98. The molecule has 1 aromatic carbocycles. The zero-order valence-electron chi connectivity index (χ0n) is 14.4. The molecule has 2 aliphatic rings. The first-order valence-corrected chi connectivity index (χ1v) is 9.07. The van der Waals surface area contributed by atoms with E-state index in [1.165, 1.54) is 0 Å². The third-order valence-corrected chi connectivity index (χ3v) is 5.10. The number of carbonyl (C=O) groups is 2. The lowest BCUT2D eigenvalue weighted by Gasteiger charge is -2.30. The van der Waals surface area contributed by atoms with Gasteiger partial charge in [-0.05, 0) is 62.4 Å². The van der Waals surface area contributed by atoms with E-state index in [0.29, 0.717) is 11.5 Å². The molecular weight excluding hydrogens is 302 g/mol. The van der Waals surface area contributed by atoms with Crippen molar-refractivity contribution in [2.24, 2.45) is 5.92 Å². The molecule has 3 rings (SSSR count). The number of hydrogen-bond donors (Lipinski definition) is 2. The molecule has 2 amide bonds. The fraction of sp³-hybridized carbons (Fsp3) is 0.579. The number of anilines is 1. The summed E-state index contributed by atoms with van der Waals surface area (Å²) in [5, 5.41) is 6.18. The molecule has 1 unspecified atom stereocenters. The Hall–Kier alpha value is -1.88. The number of likely N-dealkylation sites (tertiary alicyclic amines) is 1. The fourth-order valence-corrected chi connectivity index (χ4v) is 3.40. The highest BCUT2D eigenvalue weighted by molar-refractivity contribution is 5.97. The monoisotopic (exact) mass is 329 g/mol. The van der Waals surface area contributed by atoms with Gasteiger partial charge in [-0.25, -0.2) is 0 Å². The van der Waals surface area contributed by atoms with Crippen molar-refractivity contribution in [3.63, 3.8) is 0 Å². The lowest BCUT2D eigenvalue weighted by molar-refractivity contribution is -0.118. The van der Waals surface area contributed by atoms with E-state index in [1.54, 1.807) is 0 Å². The molecule has 2 aliphatic heterocycles. The number of nitrogens with zero attached hydrogens (tertiary/aromatic N) is 1. The van der Waals surface area contributed by atoms with Crippen molar-refractivity contribution in [2.75, 3.05) is 25.0 Å². The Morgan fingerprint density at radius 3 is 2.42 bits per heavy atom. The molecule has 1 aromatic rings. The van der Waals surface area contributed by atoms with Crippen LogP contribution in [0.2, 0.25) is 0 Å². The normalized spacial score (nSPS) is 22.2. The van der Waals surface area contributed by atoms with E-state index in [-0.39, 0.29) is 17.9 Å². The second kappa shape index (κ2) is 7.79. The Bertz CT molecular complexity index is 571. The summed E-state index contributed by atoms with van der Waals surface area (Å²) in [6.45, 7) is 4.82. The van der Waals surface area contributed by atoms with E-state index in [0.717, 1.165) is 57.4 Å². The van der Waals surface area contributed by atoms with Crippen LogP contribution in [0, 0.1) is 5.92 Å². The zero-order chi connectivity index (χ0) is 16.9. The van der Waals surface area contributed by atoms with E-state index in [4.69, 9.17) is 0 Å². The maximum absolute atomic E-state index is 12.5. The highest BCUT2D eigenvalue weighted by Crippen LogP contribution is 2.19. The fourth-order valence-electron chi connectivity index (χ4n) is 3.40. The van der Waals surface area contributed by atoms with Crippen LogP contribution in [0.25, 0.3) is 0 Å². The van der Waals surface area contributed by atoms with Crippen LogP contribution >= 0.6 is 0 Å². The second-order valence-electron chi connectivity index (χ2n) is 7.04. The van der Waals surface area contributed by atoms with Crippen LogP contribution in [0.5, 0.6) is 0 Å². The van der Waals surface area contributed by atoms with Crippen LogP contribution in [0.3, 0.4) is 0 Å². The molecule has 130 valence electrons. The first-order chi connectivity index (χ1) is 11.6. The van der Waals surface area contributed by atoms with Crippen molar-refractivity contribution in [3.05, 3.63) is 29.8 Å². The number of piperidine rings is 2. The van der Waals surface area contributed by atoms with Gasteiger partial charge in [0, 0.05) is 24.3 Å². The van der Waals surface area contributed by atoms with Crippen molar-refractivity contribution in [1.82, 2.24) is 10.2 Å². The maximum Gasteiger partial charge on any atom is 0.253 e. The van der Waals surface area contributed by atoms with Crippen LogP contribution in [0.4, 0.5) is 5.69 Å². The standard InChI is InChI=1S/C19H27N3O2/c1-14-9-12-22(13-10-14)19(24)15-5-7-16(8-6-15)21-18(23)17-4-2-3-11-20-17/h5-8,14,17,20H,2-4,9-13H2,1H3,(H,21,23). The topological polar surface area (TPSA) is 61.4 Å². The minimum Gasteiger partial charge on any atom is -0.339 e. The van der Waals surface area contributed by atoms with Gasteiger partial charge in [0.05, 0.1) is 6.04 Å². The maximum atomic E-state index is 12.5. The van der Waals surface area contributed by atoms with Crippen LogP contribution in [-0.4, -0.2) is 42.4 Å². The van der Waals surface area contributed by atoms with E-state index in [2.05, 4.69) is 17.6 Å². The van der Waals surface area contributed by atoms with E-state index in [1.807, 2.05) is 29.2 Å². The number of carbonyl (C=O) groups excluding carboxylic acids is 2. The number of benzene rings is 1. The molecule has 2 heterocycles. The van der Waals surface area contributed by atoms with Crippen molar-refractivity contribution in [3.8, 4) is 0 Å². The molecule has 2 saturated heterocycles. The third-order valence-electron chi connectivity index (χ3n) is 5.10. The Balaban J connectivity index is 1.56. The molecule has 0 radical (unpaired) electrons. The quantitative estimate of drug-likeness (QED) is 0.896. The molecule has 5 heteroatoms. The van der Waals surface area contributed by atoms with Gasteiger partial charge in [-0.15, -0.1) is 0 Å². The summed E-state index contributed by atoms with van der Waals surface area (Å²) >= 11 is 0. The number of rotatable bonds is 3. The molecule has 24 heavy (non-hydrogen) atoms. The molecule has 0 spiro atoms. The average Bonchev–Trinajstić information content (AvgIpc) is 2.63. The minimum absolute atomic E-state index is 0.0128. The molecule has 2 N–H and O–H groups in total. The second-order valence-corrected chi connectivity index (χ2v) is 7.04. The predicted molar refractivity (Wildman–Crippen MR) is 95.0 cm³/mol.